The van der Waals surface area contributed by atoms with Crippen molar-refractivity contribution >= 4 is 17.2 Å². The number of benzene rings is 1. The first-order valence-electron chi connectivity index (χ1n) is 6.17. The maximum absolute atomic E-state index is 11.3. The van der Waals surface area contributed by atoms with E-state index in [0.717, 1.165) is 12.2 Å². The molecule has 1 fully saturated rings. The molecule has 4 heteroatoms. The smallest absolute Gasteiger partial charge is 0.161 e. The largest absolute Gasteiger partial charge is 0.398 e. The molecule has 94 valence electrons. The zero-order valence-corrected chi connectivity index (χ0v) is 10.5. The van der Waals surface area contributed by atoms with E-state index >= 15 is 0 Å². The van der Waals surface area contributed by atoms with Crippen LogP contribution in [-0.4, -0.2) is 18.4 Å². The van der Waals surface area contributed by atoms with Crippen molar-refractivity contribution in [2.24, 2.45) is 0 Å². The number of carbonyl (C=O) groups excluding carboxylic acids is 1. The van der Waals surface area contributed by atoms with E-state index in [2.05, 4.69) is 11.0 Å². The first kappa shape index (κ1) is 12.4. The molecular formula is C14H17N3O. The van der Waals surface area contributed by atoms with Crippen LogP contribution in [0.1, 0.15) is 36.5 Å². The van der Waals surface area contributed by atoms with E-state index in [9.17, 15) is 4.79 Å². The number of carbonyl (C=O) groups is 1. The quantitative estimate of drug-likeness (QED) is 0.636. The van der Waals surface area contributed by atoms with Crippen LogP contribution < -0.4 is 10.6 Å². The van der Waals surface area contributed by atoms with Crippen LogP contribution in [-0.2, 0) is 0 Å². The molecule has 0 aliphatic heterocycles. The topological polar surface area (TPSA) is 70.1 Å². The third kappa shape index (κ3) is 2.62. The first-order chi connectivity index (χ1) is 8.63. The predicted molar refractivity (Wildman–Crippen MR) is 71.5 cm³/mol. The number of hydrogen-bond donors (Lipinski definition) is 1. The molecule has 0 unspecified atom stereocenters. The summed E-state index contributed by atoms with van der Waals surface area (Å²) in [5, 5.41) is 8.69. The van der Waals surface area contributed by atoms with Gasteiger partial charge in [-0.25, -0.2) is 0 Å². The number of ketones is 1. The molecular weight excluding hydrogens is 226 g/mol. The van der Waals surface area contributed by atoms with Gasteiger partial charge in [-0.15, -0.1) is 0 Å². The van der Waals surface area contributed by atoms with Gasteiger partial charge in [0.05, 0.1) is 12.5 Å². The van der Waals surface area contributed by atoms with Crippen LogP contribution in [0, 0.1) is 11.3 Å². The summed E-state index contributed by atoms with van der Waals surface area (Å²) in [4.78, 5) is 13.5. The molecule has 0 heterocycles. The minimum Gasteiger partial charge on any atom is -0.398 e. The van der Waals surface area contributed by atoms with Gasteiger partial charge in [-0.05, 0) is 38.0 Å². The number of nitrogens with zero attached hydrogens (tertiary/aromatic N) is 2. The van der Waals surface area contributed by atoms with Gasteiger partial charge in [0.25, 0.3) is 0 Å². The molecule has 0 spiro atoms. The summed E-state index contributed by atoms with van der Waals surface area (Å²) in [7, 11) is 0. The van der Waals surface area contributed by atoms with E-state index in [1.807, 2.05) is 12.1 Å². The monoisotopic (exact) mass is 243 g/mol. The zero-order chi connectivity index (χ0) is 13.1. The van der Waals surface area contributed by atoms with Crippen LogP contribution in [0.25, 0.3) is 0 Å². The molecule has 1 aromatic carbocycles. The van der Waals surface area contributed by atoms with Crippen molar-refractivity contribution in [3.8, 4) is 6.07 Å². The third-order valence-electron chi connectivity index (χ3n) is 3.20. The Morgan fingerprint density at radius 3 is 2.78 bits per heavy atom. The summed E-state index contributed by atoms with van der Waals surface area (Å²) in [5.74, 6) is -0.0194. The molecule has 18 heavy (non-hydrogen) atoms. The number of nitrogen functional groups attached to an aromatic ring is 1. The molecule has 1 aliphatic carbocycles. The van der Waals surface area contributed by atoms with Crippen molar-refractivity contribution in [2.75, 3.05) is 17.2 Å². The molecule has 0 radical (unpaired) electrons. The standard InChI is InChI=1S/C14H17N3O/c1-10(18)13-6-5-12(9-14(13)16)17(8-2-7-15)11-3-4-11/h5-6,9,11H,2-4,8,16H2,1H3. The summed E-state index contributed by atoms with van der Waals surface area (Å²) in [6, 6.07) is 8.23. The van der Waals surface area contributed by atoms with Gasteiger partial charge in [0.1, 0.15) is 0 Å². The van der Waals surface area contributed by atoms with Gasteiger partial charge in [-0.3, -0.25) is 4.79 Å². The highest BCUT2D eigenvalue weighted by molar-refractivity contribution is 5.99. The molecule has 2 rings (SSSR count). The average molecular weight is 243 g/mol. The lowest BCUT2D eigenvalue weighted by Gasteiger charge is -2.24. The second kappa shape index (κ2) is 5.09. The van der Waals surface area contributed by atoms with Crippen molar-refractivity contribution in [1.82, 2.24) is 0 Å². The Labute approximate surface area is 107 Å². The lowest BCUT2D eigenvalue weighted by Crippen LogP contribution is -2.26. The van der Waals surface area contributed by atoms with Gasteiger partial charge in [0, 0.05) is 29.5 Å². The lowest BCUT2D eigenvalue weighted by atomic mass is 10.1. The van der Waals surface area contributed by atoms with Crippen LogP contribution >= 0.6 is 0 Å². The second-order valence-corrected chi connectivity index (χ2v) is 4.66. The summed E-state index contributed by atoms with van der Waals surface area (Å²) in [6.07, 6.45) is 2.84. The normalized spacial score (nSPS) is 14.0. The SMILES string of the molecule is CC(=O)c1ccc(N(CCC#N)C2CC2)cc1N. The number of Topliss-reactive ketones (excluding diaryl/α,β-unsaturated/α-hetero) is 1. The van der Waals surface area contributed by atoms with Crippen LogP contribution in [0.5, 0.6) is 0 Å². The Hall–Kier alpha value is -2.02. The van der Waals surface area contributed by atoms with Gasteiger partial charge >= 0.3 is 0 Å². The third-order valence-corrected chi connectivity index (χ3v) is 3.20. The minimum atomic E-state index is -0.0194. The second-order valence-electron chi connectivity index (χ2n) is 4.66. The van der Waals surface area contributed by atoms with Gasteiger partial charge in [0.2, 0.25) is 0 Å². The highest BCUT2D eigenvalue weighted by Crippen LogP contribution is 2.33. The van der Waals surface area contributed by atoms with Crippen molar-refractivity contribution < 1.29 is 4.79 Å². The van der Waals surface area contributed by atoms with E-state index in [1.165, 1.54) is 19.8 Å². The maximum Gasteiger partial charge on any atom is 0.161 e. The molecule has 0 aromatic heterocycles. The molecule has 1 saturated carbocycles. The number of nitriles is 1. The number of nitrogens with two attached hydrogens (primary N) is 1. The summed E-state index contributed by atoms with van der Waals surface area (Å²) in [5.41, 5.74) is 7.99. The Bertz CT molecular complexity index is 500. The Morgan fingerprint density at radius 1 is 1.56 bits per heavy atom. The fourth-order valence-electron chi connectivity index (χ4n) is 2.13. The van der Waals surface area contributed by atoms with Gasteiger partial charge in [-0.1, -0.05) is 0 Å². The molecule has 2 N–H and O–H groups in total. The van der Waals surface area contributed by atoms with E-state index < -0.39 is 0 Å². The fourth-order valence-corrected chi connectivity index (χ4v) is 2.13. The molecule has 0 bridgehead atoms. The van der Waals surface area contributed by atoms with Crippen LogP contribution in [0.4, 0.5) is 11.4 Å². The Morgan fingerprint density at radius 2 is 2.28 bits per heavy atom. The molecule has 1 aliphatic rings. The summed E-state index contributed by atoms with van der Waals surface area (Å²) in [6.45, 7) is 2.24. The van der Waals surface area contributed by atoms with E-state index in [-0.39, 0.29) is 5.78 Å². The lowest BCUT2D eigenvalue weighted by molar-refractivity contribution is 0.101. The van der Waals surface area contributed by atoms with Crippen molar-refractivity contribution in [2.45, 2.75) is 32.2 Å². The molecule has 0 atom stereocenters. The summed E-state index contributed by atoms with van der Waals surface area (Å²) < 4.78 is 0. The van der Waals surface area contributed by atoms with E-state index in [0.29, 0.717) is 23.7 Å². The molecule has 1 aromatic rings. The zero-order valence-electron chi connectivity index (χ0n) is 10.5. The molecule has 4 nitrogen and oxygen atoms in total. The van der Waals surface area contributed by atoms with E-state index in [4.69, 9.17) is 11.0 Å². The van der Waals surface area contributed by atoms with Crippen LogP contribution in [0.2, 0.25) is 0 Å². The fraction of sp³-hybridized carbons (Fsp3) is 0.429. The highest BCUT2D eigenvalue weighted by Gasteiger charge is 2.29. The number of rotatable bonds is 5. The number of hydrogen-bond acceptors (Lipinski definition) is 4. The van der Waals surface area contributed by atoms with Gasteiger partial charge < -0.3 is 10.6 Å². The van der Waals surface area contributed by atoms with Gasteiger partial charge in [0.15, 0.2) is 5.78 Å². The molecule has 0 amide bonds. The number of anilines is 2. The van der Waals surface area contributed by atoms with Crippen molar-refractivity contribution in [1.29, 1.82) is 5.26 Å². The van der Waals surface area contributed by atoms with Crippen LogP contribution in [0.15, 0.2) is 18.2 Å². The predicted octanol–water partition coefficient (Wildman–Crippen LogP) is 2.35. The summed E-state index contributed by atoms with van der Waals surface area (Å²) >= 11 is 0. The average Bonchev–Trinajstić information content (AvgIpc) is 3.13. The first-order valence-corrected chi connectivity index (χ1v) is 6.17. The minimum absolute atomic E-state index is 0.0194. The van der Waals surface area contributed by atoms with E-state index in [1.54, 1.807) is 6.07 Å². The van der Waals surface area contributed by atoms with Crippen molar-refractivity contribution in [3.05, 3.63) is 23.8 Å². The Kier molecular flexibility index (Phi) is 3.52. The molecule has 0 saturated heterocycles. The van der Waals surface area contributed by atoms with Gasteiger partial charge in [-0.2, -0.15) is 5.26 Å². The maximum atomic E-state index is 11.3. The van der Waals surface area contributed by atoms with Crippen LogP contribution in [0.3, 0.4) is 0 Å². The van der Waals surface area contributed by atoms with Crippen molar-refractivity contribution in [3.63, 3.8) is 0 Å². The Balaban J connectivity index is 2.23. The highest BCUT2D eigenvalue weighted by atomic mass is 16.1.